The second kappa shape index (κ2) is 15.2. The molecule has 0 unspecified atom stereocenters. The van der Waals surface area contributed by atoms with E-state index in [4.69, 9.17) is 9.15 Å². The van der Waals surface area contributed by atoms with Gasteiger partial charge < -0.3 is 13.9 Å². The molecule has 13 heteroatoms. The van der Waals surface area contributed by atoms with Crippen molar-refractivity contribution in [1.82, 2.24) is 0 Å². The maximum atomic E-state index is 14.1. The van der Waals surface area contributed by atoms with Gasteiger partial charge in [0.25, 0.3) is 0 Å². The van der Waals surface area contributed by atoms with Crippen molar-refractivity contribution in [2.24, 2.45) is 0 Å². The van der Waals surface area contributed by atoms with Crippen molar-refractivity contribution in [1.29, 1.82) is 0 Å². The lowest BCUT2D eigenvalue weighted by Crippen LogP contribution is -2.41. The molecule has 2 aromatic carbocycles. The van der Waals surface area contributed by atoms with E-state index in [1.54, 1.807) is 25.3 Å². The number of benzene rings is 2. The number of halogens is 6. The number of carbonyl (C=O) groups excluding carboxylic acids is 1. The Kier molecular flexibility index (Phi) is 12.2. The summed E-state index contributed by atoms with van der Waals surface area (Å²) >= 11 is 0.907. The lowest BCUT2D eigenvalue weighted by atomic mass is 10.0. The van der Waals surface area contributed by atoms with Gasteiger partial charge in [-0.2, -0.15) is 17.6 Å². The fourth-order valence-electron chi connectivity index (χ4n) is 4.05. The minimum atomic E-state index is -5.33. The third-order valence-electron chi connectivity index (χ3n) is 6.26. The molecule has 0 N–H and O–H groups in total. The predicted octanol–water partition coefficient (Wildman–Crippen LogP) is 9.60. The molecule has 0 aliphatic heterocycles. The predicted molar refractivity (Wildman–Crippen MR) is 154 cm³/mol. The van der Waals surface area contributed by atoms with E-state index in [0.717, 1.165) is 54.0 Å². The number of unbranched alkanes of at least 4 members (excludes halogenated alkanes) is 2. The maximum absolute atomic E-state index is 14.1. The van der Waals surface area contributed by atoms with Crippen molar-refractivity contribution in [2.75, 3.05) is 19.5 Å². The van der Waals surface area contributed by atoms with Crippen molar-refractivity contribution in [2.45, 2.75) is 75.8 Å². The van der Waals surface area contributed by atoms with Crippen LogP contribution in [-0.2, 0) is 25.4 Å². The molecule has 3 aromatic rings. The molecule has 0 bridgehead atoms. The molecule has 1 heterocycles. The third kappa shape index (κ3) is 10.8. The van der Waals surface area contributed by atoms with Gasteiger partial charge in [0, 0.05) is 28.0 Å². The Labute approximate surface area is 255 Å². The van der Waals surface area contributed by atoms with Crippen molar-refractivity contribution in [3.05, 3.63) is 60.2 Å². The molecule has 1 aromatic heterocycles. The number of thioether (sulfide) groups is 1. The first-order chi connectivity index (χ1) is 20.6. The van der Waals surface area contributed by atoms with Crippen LogP contribution in [0.4, 0.5) is 26.3 Å². The fraction of sp³-hybridized carbons (Fsp3) is 0.452. The quantitative estimate of drug-likeness (QED) is 0.0340. The van der Waals surface area contributed by atoms with Gasteiger partial charge in [0.1, 0.15) is 17.1 Å². The number of hydrogen-bond acceptors (Lipinski definition) is 7. The summed E-state index contributed by atoms with van der Waals surface area (Å²) < 4.78 is 106. The summed E-state index contributed by atoms with van der Waals surface area (Å²) in [6.07, 6.45) is -12.9. The fourth-order valence-corrected chi connectivity index (χ4v) is 4.98. The van der Waals surface area contributed by atoms with Crippen LogP contribution in [0.15, 0.2) is 63.9 Å². The number of methoxy groups -OCH3 is 1. The molecule has 0 saturated carbocycles. The molecule has 0 atom stereocenters. The molecule has 44 heavy (non-hydrogen) atoms. The van der Waals surface area contributed by atoms with E-state index < -0.39 is 49.7 Å². The van der Waals surface area contributed by atoms with E-state index in [2.05, 4.69) is 27.7 Å². The molecular weight excluding hydrogens is 614 g/mol. The van der Waals surface area contributed by atoms with Crippen molar-refractivity contribution in [3.8, 4) is 17.1 Å². The first-order valence-electron chi connectivity index (χ1n) is 13.8. The van der Waals surface area contributed by atoms with Gasteiger partial charge >= 0.3 is 24.5 Å². The number of rotatable bonds is 18. The Bertz CT molecular complexity index is 1420. The standard InChI is InChI=1S/C31H34F6O6S/c1-5-6-7-8-21-9-12-24(26(17-21)39-4)27-18-22-10-11-23(19-25(22)41-27)44-16-14-30(34,35)43-31(36,37)42-29(32,33)13-15-40-28(38)20(2)3/h9-12,17-19H,2,5-8,13-16H2,1,3-4H3. The summed E-state index contributed by atoms with van der Waals surface area (Å²) in [4.78, 5) is 11.7. The molecule has 0 aliphatic rings. The number of fused-ring (bicyclic) bond motifs is 1. The maximum Gasteiger partial charge on any atom is 0.494 e. The number of ether oxygens (including phenoxy) is 4. The third-order valence-corrected chi connectivity index (χ3v) is 7.26. The van der Waals surface area contributed by atoms with Crippen LogP contribution in [0.3, 0.4) is 0 Å². The van der Waals surface area contributed by atoms with E-state index >= 15 is 0 Å². The molecular formula is C31H34F6O6S. The SMILES string of the molecule is C=C(C)C(=O)OCCC(F)(F)OC(F)(F)OC(F)(F)CCSc1ccc2cc(-c3ccc(CCCCC)cc3OC)oc2c1. The number of furan rings is 1. The van der Waals surface area contributed by atoms with Crippen LogP contribution in [-0.4, -0.2) is 44.0 Å². The zero-order chi connectivity index (χ0) is 32.5. The summed E-state index contributed by atoms with van der Waals surface area (Å²) in [5, 5.41) is 0.749. The molecule has 6 nitrogen and oxygen atoms in total. The summed E-state index contributed by atoms with van der Waals surface area (Å²) in [5.41, 5.74) is 2.26. The van der Waals surface area contributed by atoms with Gasteiger partial charge in [0.2, 0.25) is 0 Å². The lowest BCUT2D eigenvalue weighted by molar-refractivity contribution is -0.514. The molecule has 0 aliphatic carbocycles. The Morgan fingerprint density at radius 1 is 0.955 bits per heavy atom. The first-order valence-corrected chi connectivity index (χ1v) is 14.8. The van der Waals surface area contributed by atoms with Crippen LogP contribution >= 0.6 is 11.8 Å². The number of aryl methyl sites for hydroxylation is 1. The monoisotopic (exact) mass is 648 g/mol. The normalized spacial score (nSPS) is 12.5. The Morgan fingerprint density at radius 3 is 2.32 bits per heavy atom. The topological polar surface area (TPSA) is 67.1 Å². The van der Waals surface area contributed by atoms with Gasteiger partial charge in [-0.15, -0.1) is 20.5 Å². The summed E-state index contributed by atoms with van der Waals surface area (Å²) in [6, 6.07) is 12.7. The van der Waals surface area contributed by atoms with Gasteiger partial charge in [-0.3, -0.25) is 0 Å². The van der Waals surface area contributed by atoms with E-state index in [-0.39, 0.29) is 5.57 Å². The highest BCUT2D eigenvalue weighted by atomic mass is 32.2. The molecule has 0 saturated heterocycles. The highest BCUT2D eigenvalue weighted by Crippen LogP contribution is 2.39. The Morgan fingerprint density at radius 2 is 1.66 bits per heavy atom. The number of esters is 1. The van der Waals surface area contributed by atoms with Crippen LogP contribution < -0.4 is 4.74 Å². The highest BCUT2D eigenvalue weighted by Gasteiger charge is 2.51. The van der Waals surface area contributed by atoms with E-state index in [9.17, 15) is 31.1 Å². The molecule has 0 fully saturated rings. The molecule has 0 spiro atoms. The van der Waals surface area contributed by atoms with Crippen LogP contribution in [0.25, 0.3) is 22.3 Å². The van der Waals surface area contributed by atoms with Crippen molar-refractivity contribution < 1.29 is 54.5 Å². The number of carbonyl (C=O) groups is 1. The average molecular weight is 649 g/mol. The zero-order valence-electron chi connectivity index (χ0n) is 24.5. The minimum absolute atomic E-state index is 0.103. The zero-order valence-corrected chi connectivity index (χ0v) is 25.3. The van der Waals surface area contributed by atoms with Gasteiger partial charge in [-0.1, -0.05) is 32.4 Å². The summed E-state index contributed by atoms with van der Waals surface area (Å²) in [7, 11) is 1.57. The average Bonchev–Trinajstić information content (AvgIpc) is 3.34. The second-order valence-electron chi connectivity index (χ2n) is 10.0. The largest absolute Gasteiger partial charge is 0.496 e. The highest BCUT2D eigenvalue weighted by molar-refractivity contribution is 7.99. The van der Waals surface area contributed by atoms with E-state index in [1.165, 1.54) is 6.92 Å². The Balaban J connectivity index is 1.57. The minimum Gasteiger partial charge on any atom is -0.496 e. The van der Waals surface area contributed by atoms with Crippen LogP contribution in [0.1, 0.15) is 51.5 Å². The van der Waals surface area contributed by atoms with E-state index in [1.807, 2.05) is 24.3 Å². The second-order valence-corrected chi connectivity index (χ2v) is 11.2. The van der Waals surface area contributed by atoms with Gasteiger partial charge in [0.05, 0.1) is 25.7 Å². The van der Waals surface area contributed by atoms with Crippen molar-refractivity contribution in [3.63, 3.8) is 0 Å². The molecule has 0 radical (unpaired) electrons. The van der Waals surface area contributed by atoms with Crippen LogP contribution in [0.2, 0.25) is 0 Å². The Hall–Kier alpha value is -3.16. The van der Waals surface area contributed by atoms with Crippen molar-refractivity contribution >= 4 is 28.7 Å². The number of alkyl halides is 6. The smallest absolute Gasteiger partial charge is 0.494 e. The molecule has 0 amide bonds. The summed E-state index contributed by atoms with van der Waals surface area (Å²) in [5.74, 6) is -0.225. The van der Waals surface area contributed by atoms with Crippen LogP contribution in [0.5, 0.6) is 5.75 Å². The number of hydrogen-bond donors (Lipinski definition) is 0. The van der Waals surface area contributed by atoms with Crippen LogP contribution in [0, 0.1) is 0 Å². The van der Waals surface area contributed by atoms with Gasteiger partial charge in [-0.05, 0) is 61.7 Å². The first kappa shape index (κ1) is 35.3. The molecule has 3 rings (SSSR count). The van der Waals surface area contributed by atoms with Gasteiger partial charge in [0.15, 0.2) is 0 Å². The lowest BCUT2D eigenvalue weighted by Gasteiger charge is -2.26. The summed E-state index contributed by atoms with van der Waals surface area (Å²) in [6.45, 7) is 5.61. The van der Waals surface area contributed by atoms with Gasteiger partial charge in [-0.25, -0.2) is 14.3 Å². The molecule has 242 valence electrons. The van der Waals surface area contributed by atoms with E-state index in [0.29, 0.717) is 22.0 Å².